The van der Waals surface area contributed by atoms with Crippen LogP contribution in [0.25, 0.3) is 0 Å². The summed E-state index contributed by atoms with van der Waals surface area (Å²) >= 11 is 1.40. The minimum Gasteiger partial charge on any atom is -0.409 e. The second-order valence-electron chi connectivity index (χ2n) is 4.05. The first kappa shape index (κ1) is 14.3. The van der Waals surface area contributed by atoms with Gasteiger partial charge in [-0.25, -0.2) is 8.78 Å². The lowest BCUT2D eigenvalue weighted by molar-refractivity contribution is 0.318. The van der Waals surface area contributed by atoms with Crippen molar-refractivity contribution in [2.24, 2.45) is 10.9 Å². The Labute approximate surface area is 119 Å². The highest BCUT2D eigenvalue weighted by atomic mass is 32.2. The van der Waals surface area contributed by atoms with Crippen LogP contribution in [0.3, 0.4) is 0 Å². The van der Waals surface area contributed by atoms with Crippen LogP contribution >= 0.6 is 11.8 Å². The molecule has 0 aliphatic carbocycles. The zero-order valence-electron chi connectivity index (χ0n) is 10.4. The zero-order valence-corrected chi connectivity index (χ0v) is 11.2. The van der Waals surface area contributed by atoms with Gasteiger partial charge in [0.05, 0.1) is 0 Å². The van der Waals surface area contributed by atoms with Crippen LogP contribution in [0.5, 0.6) is 0 Å². The van der Waals surface area contributed by atoms with Crippen molar-refractivity contribution in [2.45, 2.75) is 10.6 Å². The van der Waals surface area contributed by atoms with Gasteiger partial charge in [-0.3, -0.25) is 0 Å². The number of halogens is 2. The summed E-state index contributed by atoms with van der Waals surface area (Å²) in [4.78, 5) is 0.657. The molecule has 0 bridgehead atoms. The molecule has 3 nitrogen and oxygen atoms in total. The van der Waals surface area contributed by atoms with Crippen LogP contribution in [0.4, 0.5) is 8.78 Å². The lowest BCUT2D eigenvalue weighted by Crippen LogP contribution is -2.12. The molecule has 0 saturated heterocycles. The average molecular weight is 294 g/mol. The number of thioether (sulfide) groups is 1. The zero-order chi connectivity index (χ0) is 14.5. The smallest absolute Gasteiger partial charge is 0.170 e. The lowest BCUT2D eigenvalue weighted by Gasteiger charge is -2.04. The van der Waals surface area contributed by atoms with Crippen LogP contribution in [-0.4, -0.2) is 11.0 Å². The molecule has 0 radical (unpaired) electrons. The van der Waals surface area contributed by atoms with Crippen LogP contribution in [0.2, 0.25) is 0 Å². The highest BCUT2D eigenvalue weighted by molar-refractivity contribution is 7.98. The van der Waals surface area contributed by atoms with Gasteiger partial charge in [0, 0.05) is 16.2 Å². The number of hydrogen-bond acceptors (Lipinski definition) is 3. The molecular weight excluding hydrogens is 282 g/mol. The maximum absolute atomic E-state index is 13.0. The topological polar surface area (TPSA) is 58.6 Å². The molecule has 2 aromatic carbocycles. The Morgan fingerprint density at radius 1 is 1.10 bits per heavy atom. The largest absolute Gasteiger partial charge is 0.409 e. The number of oxime groups is 1. The number of nitrogens with two attached hydrogens (primary N) is 1. The molecule has 0 aliphatic rings. The fourth-order valence-corrected chi connectivity index (χ4v) is 2.44. The van der Waals surface area contributed by atoms with Crippen molar-refractivity contribution >= 4 is 17.6 Å². The van der Waals surface area contributed by atoms with Crippen molar-refractivity contribution in [2.75, 3.05) is 0 Å². The molecule has 0 heterocycles. The fourth-order valence-electron chi connectivity index (χ4n) is 1.56. The number of amidine groups is 1. The maximum atomic E-state index is 13.0. The first-order valence-electron chi connectivity index (χ1n) is 5.75. The van der Waals surface area contributed by atoms with Gasteiger partial charge < -0.3 is 10.9 Å². The van der Waals surface area contributed by atoms with Crippen molar-refractivity contribution in [3.8, 4) is 0 Å². The van der Waals surface area contributed by atoms with Crippen molar-refractivity contribution in [3.05, 3.63) is 65.2 Å². The van der Waals surface area contributed by atoms with Gasteiger partial charge in [-0.2, -0.15) is 0 Å². The van der Waals surface area contributed by atoms with E-state index in [0.29, 0.717) is 16.2 Å². The van der Waals surface area contributed by atoms with E-state index < -0.39 is 11.6 Å². The molecule has 0 saturated carbocycles. The van der Waals surface area contributed by atoms with Crippen molar-refractivity contribution < 1.29 is 14.0 Å². The quantitative estimate of drug-likeness (QED) is 0.299. The Morgan fingerprint density at radius 2 is 1.80 bits per heavy atom. The van der Waals surface area contributed by atoms with E-state index in [9.17, 15) is 8.78 Å². The highest BCUT2D eigenvalue weighted by Gasteiger charge is 2.04. The van der Waals surface area contributed by atoms with Gasteiger partial charge in [-0.05, 0) is 23.8 Å². The molecule has 104 valence electrons. The Hall–Kier alpha value is -2.08. The van der Waals surface area contributed by atoms with Gasteiger partial charge in [0.2, 0.25) is 0 Å². The van der Waals surface area contributed by atoms with E-state index in [1.54, 1.807) is 12.1 Å². The predicted molar refractivity (Wildman–Crippen MR) is 74.9 cm³/mol. The SMILES string of the molecule is N/C(=N\O)c1ccc(CSc2ccc(F)c(F)c2)cc1. The van der Waals surface area contributed by atoms with Gasteiger partial charge in [0.1, 0.15) is 0 Å². The number of hydrogen-bond donors (Lipinski definition) is 2. The molecule has 2 aromatic rings. The van der Waals surface area contributed by atoms with Crippen LogP contribution in [-0.2, 0) is 5.75 Å². The van der Waals surface area contributed by atoms with Gasteiger partial charge in [-0.15, -0.1) is 11.8 Å². The van der Waals surface area contributed by atoms with Gasteiger partial charge in [0.15, 0.2) is 17.5 Å². The van der Waals surface area contributed by atoms with E-state index in [2.05, 4.69) is 5.16 Å². The fraction of sp³-hybridized carbons (Fsp3) is 0.0714. The monoisotopic (exact) mass is 294 g/mol. The lowest BCUT2D eigenvalue weighted by atomic mass is 10.1. The maximum Gasteiger partial charge on any atom is 0.170 e. The number of rotatable bonds is 4. The summed E-state index contributed by atoms with van der Waals surface area (Å²) in [6.07, 6.45) is 0. The first-order chi connectivity index (χ1) is 9.60. The summed E-state index contributed by atoms with van der Waals surface area (Å²) in [6, 6.07) is 10.9. The van der Waals surface area contributed by atoms with Crippen LogP contribution in [0.15, 0.2) is 52.5 Å². The highest BCUT2D eigenvalue weighted by Crippen LogP contribution is 2.24. The summed E-state index contributed by atoms with van der Waals surface area (Å²) in [5, 5.41) is 11.5. The molecule has 0 unspecified atom stereocenters. The Morgan fingerprint density at radius 3 is 2.40 bits per heavy atom. The van der Waals surface area contributed by atoms with Crippen LogP contribution in [0.1, 0.15) is 11.1 Å². The summed E-state index contributed by atoms with van der Waals surface area (Å²) < 4.78 is 25.8. The minimum atomic E-state index is -0.850. The van der Waals surface area contributed by atoms with E-state index >= 15 is 0 Å². The molecule has 3 N–H and O–H groups in total. The normalized spacial score (nSPS) is 11.6. The summed E-state index contributed by atoms with van der Waals surface area (Å²) in [5.41, 5.74) is 7.07. The number of nitrogens with zero attached hydrogens (tertiary/aromatic N) is 1. The third kappa shape index (κ3) is 3.48. The second-order valence-corrected chi connectivity index (χ2v) is 5.10. The molecule has 0 spiro atoms. The molecule has 0 atom stereocenters. The van der Waals surface area contributed by atoms with E-state index in [0.717, 1.165) is 11.6 Å². The Kier molecular flexibility index (Phi) is 4.57. The van der Waals surface area contributed by atoms with E-state index in [-0.39, 0.29) is 5.84 Å². The molecule has 0 amide bonds. The van der Waals surface area contributed by atoms with Crippen molar-refractivity contribution in [1.82, 2.24) is 0 Å². The van der Waals surface area contributed by atoms with Gasteiger partial charge in [0.25, 0.3) is 0 Å². The van der Waals surface area contributed by atoms with E-state index in [4.69, 9.17) is 10.9 Å². The summed E-state index contributed by atoms with van der Waals surface area (Å²) in [6.45, 7) is 0. The van der Waals surface area contributed by atoms with Crippen LogP contribution < -0.4 is 5.73 Å². The summed E-state index contributed by atoms with van der Waals surface area (Å²) in [7, 11) is 0. The molecule has 0 aromatic heterocycles. The molecular formula is C14H12F2N2OS. The third-order valence-electron chi connectivity index (χ3n) is 2.65. The van der Waals surface area contributed by atoms with Gasteiger partial charge in [-0.1, -0.05) is 29.4 Å². The predicted octanol–water partition coefficient (Wildman–Crippen LogP) is 3.35. The second kappa shape index (κ2) is 6.38. The minimum absolute atomic E-state index is 0.0461. The van der Waals surface area contributed by atoms with Crippen molar-refractivity contribution in [3.63, 3.8) is 0 Å². The van der Waals surface area contributed by atoms with E-state index in [1.807, 2.05) is 12.1 Å². The molecule has 2 rings (SSSR count). The molecule has 0 fully saturated rings. The first-order valence-corrected chi connectivity index (χ1v) is 6.73. The summed E-state index contributed by atoms with van der Waals surface area (Å²) in [5.74, 6) is -1.04. The third-order valence-corrected chi connectivity index (χ3v) is 3.72. The molecule has 0 aliphatic heterocycles. The Bertz CT molecular complexity index is 630. The van der Waals surface area contributed by atoms with Gasteiger partial charge >= 0.3 is 0 Å². The van der Waals surface area contributed by atoms with E-state index in [1.165, 1.54) is 23.9 Å². The standard InChI is InChI=1S/C14H12F2N2OS/c15-12-6-5-11(7-13(12)16)20-8-9-1-3-10(4-2-9)14(17)18-19/h1-7,19H,8H2,(H2,17,18). The van der Waals surface area contributed by atoms with Crippen LogP contribution in [0, 0.1) is 11.6 Å². The Balaban J connectivity index is 2.02. The average Bonchev–Trinajstić information content (AvgIpc) is 2.48. The molecule has 6 heteroatoms. The van der Waals surface area contributed by atoms with Crippen molar-refractivity contribution in [1.29, 1.82) is 0 Å². The number of benzene rings is 2. The molecule has 20 heavy (non-hydrogen) atoms.